The van der Waals surface area contributed by atoms with Gasteiger partial charge in [0.25, 0.3) is 0 Å². The van der Waals surface area contributed by atoms with Gasteiger partial charge in [0, 0.05) is 36.5 Å². The van der Waals surface area contributed by atoms with Crippen molar-refractivity contribution in [3.63, 3.8) is 0 Å². The number of fused-ring (bicyclic) bond motifs is 2. The van der Waals surface area contributed by atoms with Crippen molar-refractivity contribution in [2.45, 2.75) is 12.8 Å². The van der Waals surface area contributed by atoms with E-state index in [1.807, 2.05) is 24.4 Å². The number of halogens is 1. The molecule has 4 aromatic rings. The van der Waals surface area contributed by atoms with Gasteiger partial charge in [-0.25, -0.2) is 9.97 Å². The number of ether oxygens (including phenoxy) is 1. The van der Waals surface area contributed by atoms with E-state index in [9.17, 15) is 0 Å². The first-order chi connectivity index (χ1) is 17.2. The van der Waals surface area contributed by atoms with Crippen molar-refractivity contribution in [1.29, 1.82) is 0 Å². The van der Waals surface area contributed by atoms with Crippen LogP contribution in [0.3, 0.4) is 0 Å². The average molecular weight is 484 g/mol. The predicted molar refractivity (Wildman–Crippen MR) is 141 cm³/mol. The largest absolute Gasteiger partial charge is 0.492 e. The Bertz CT molecular complexity index is 1420. The second-order valence-electron chi connectivity index (χ2n) is 9.03. The van der Waals surface area contributed by atoms with Gasteiger partial charge in [-0.05, 0) is 54.3 Å². The Hall–Kier alpha value is -3.48. The number of hydrogen-bond acceptors (Lipinski definition) is 6. The van der Waals surface area contributed by atoms with Crippen molar-refractivity contribution in [3.05, 3.63) is 77.7 Å². The molecule has 35 heavy (non-hydrogen) atoms. The predicted octanol–water partition coefficient (Wildman–Crippen LogP) is 5.67. The van der Waals surface area contributed by atoms with E-state index >= 15 is 0 Å². The normalized spacial score (nSPS) is 17.1. The highest BCUT2D eigenvalue weighted by atomic mass is 35.5. The van der Waals surface area contributed by atoms with Gasteiger partial charge >= 0.3 is 0 Å². The van der Waals surface area contributed by atoms with Gasteiger partial charge in [0.2, 0.25) is 0 Å². The Kier molecular flexibility index (Phi) is 5.84. The van der Waals surface area contributed by atoms with Crippen LogP contribution in [0, 0.1) is 5.92 Å². The van der Waals surface area contributed by atoms with Gasteiger partial charge in [-0.1, -0.05) is 48.5 Å². The third kappa shape index (κ3) is 4.03. The Morgan fingerprint density at radius 2 is 2.03 bits per heavy atom. The zero-order valence-electron chi connectivity index (χ0n) is 19.4. The maximum Gasteiger partial charge on any atom is 0.163 e. The summed E-state index contributed by atoms with van der Waals surface area (Å²) in [5.41, 5.74) is 7.02. The first-order valence-electron chi connectivity index (χ1n) is 12.0. The van der Waals surface area contributed by atoms with E-state index in [0.717, 1.165) is 77.5 Å². The number of nitrogens with one attached hydrogen (secondary N) is 1. The van der Waals surface area contributed by atoms with Crippen LogP contribution in [0.25, 0.3) is 28.2 Å². The average Bonchev–Trinajstić information content (AvgIpc) is 3.57. The van der Waals surface area contributed by atoms with Crippen molar-refractivity contribution < 1.29 is 4.74 Å². The van der Waals surface area contributed by atoms with Crippen LogP contribution in [0.4, 0.5) is 11.5 Å². The SMILES string of the molecule is C=Cc1cnc2c(N3CCc4c(-c5cccc(OC[C@@H]6CCNC6)c5Cl)cccc43)ncnc2c1. The number of hydrogen-bond donors (Lipinski definition) is 1. The molecule has 1 N–H and O–H groups in total. The summed E-state index contributed by atoms with van der Waals surface area (Å²) in [5.74, 6) is 2.09. The molecule has 0 bridgehead atoms. The lowest BCUT2D eigenvalue weighted by Gasteiger charge is -2.20. The van der Waals surface area contributed by atoms with Crippen molar-refractivity contribution in [3.8, 4) is 16.9 Å². The summed E-state index contributed by atoms with van der Waals surface area (Å²) in [4.78, 5) is 15.9. The summed E-state index contributed by atoms with van der Waals surface area (Å²) in [6.07, 6.45) is 7.21. The molecule has 6 nitrogen and oxygen atoms in total. The van der Waals surface area contributed by atoms with Crippen molar-refractivity contribution in [2.75, 3.05) is 31.1 Å². The quantitative estimate of drug-likeness (QED) is 0.381. The van der Waals surface area contributed by atoms with E-state index < -0.39 is 0 Å². The van der Waals surface area contributed by atoms with Gasteiger partial charge in [0.15, 0.2) is 5.82 Å². The summed E-state index contributed by atoms with van der Waals surface area (Å²) in [7, 11) is 0. The third-order valence-corrected chi connectivity index (χ3v) is 7.28. The number of anilines is 2. The molecule has 0 radical (unpaired) electrons. The van der Waals surface area contributed by atoms with E-state index in [0.29, 0.717) is 17.5 Å². The summed E-state index contributed by atoms with van der Waals surface area (Å²) >= 11 is 6.90. The fourth-order valence-corrected chi connectivity index (χ4v) is 5.34. The highest BCUT2D eigenvalue weighted by Gasteiger charge is 2.27. The van der Waals surface area contributed by atoms with Crippen LogP contribution < -0.4 is 15.0 Å². The molecule has 0 saturated carbocycles. The standard InChI is InChI=1S/C28H26ClN5O/c1-2-18-13-23-27(31-15-18)28(33-17-32-23)34-12-10-21-20(5-3-7-24(21)34)22-6-4-8-25(26(22)29)35-16-19-9-11-30-14-19/h2-8,13,15,17,19,30H,1,9-12,14,16H2/t19-/m1/s1. The smallest absolute Gasteiger partial charge is 0.163 e. The van der Waals surface area contributed by atoms with Crippen LogP contribution in [-0.4, -0.2) is 41.2 Å². The zero-order valence-corrected chi connectivity index (χ0v) is 20.1. The van der Waals surface area contributed by atoms with Crippen LogP contribution in [0.5, 0.6) is 5.75 Å². The number of aromatic nitrogens is 3. The van der Waals surface area contributed by atoms with Crippen LogP contribution in [0.1, 0.15) is 17.5 Å². The van der Waals surface area contributed by atoms with Crippen molar-refractivity contribution in [1.82, 2.24) is 20.3 Å². The van der Waals surface area contributed by atoms with Gasteiger partial charge in [-0.3, -0.25) is 4.98 Å². The molecule has 6 rings (SSSR count). The Balaban J connectivity index is 1.36. The molecule has 0 spiro atoms. The molecular formula is C28H26ClN5O. The third-order valence-electron chi connectivity index (χ3n) is 6.89. The second-order valence-corrected chi connectivity index (χ2v) is 9.41. The Morgan fingerprint density at radius 3 is 2.89 bits per heavy atom. The van der Waals surface area contributed by atoms with Crippen molar-refractivity contribution in [2.24, 2.45) is 5.92 Å². The molecule has 2 aromatic carbocycles. The molecule has 2 aliphatic heterocycles. The van der Waals surface area contributed by atoms with Crippen LogP contribution in [0.15, 0.2) is 61.6 Å². The zero-order chi connectivity index (χ0) is 23.8. The molecule has 0 amide bonds. The summed E-state index contributed by atoms with van der Waals surface area (Å²) in [6.45, 7) is 7.38. The molecule has 1 saturated heterocycles. The fourth-order valence-electron chi connectivity index (χ4n) is 5.06. The maximum absolute atomic E-state index is 6.90. The topological polar surface area (TPSA) is 63.2 Å². The minimum absolute atomic E-state index is 0.531. The molecule has 176 valence electrons. The summed E-state index contributed by atoms with van der Waals surface area (Å²) < 4.78 is 6.15. The number of pyridine rings is 1. The molecule has 2 aliphatic rings. The molecule has 0 aliphatic carbocycles. The summed E-state index contributed by atoms with van der Waals surface area (Å²) in [6, 6.07) is 14.4. The van der Waals surface area contributed by atoms with Gasteiger partial charge in [0.1, 0.15) is 17.6 Å². The lowest BCUT2D eigenvalue weighted by Crippen LogP contribution is -2.15. The first kappa shape index (κ1) is 22.0. The molecule has 2 aromatic heterocycles. The Labute approximate surface area is 209 Å². The molecular weight excluding hydrogens is 458 g/mol. The fraction of sp³-hybridized carbons (Fsp3) is 0.250. The van der Waals surface area contributed by atoms with Crippen LogP contribution in [0.2, 0.25) is 5.02 Å². The van der Waals surface area contributed by atoms with Gasteiger partial charge < -0.3 is 15.0 Å². The number of benzene rings is 2. The molecule has 7 heteroatoms. The maximum atomic E-state index is 6.90. The van der Waals surface area contributed by atoms with E-state index in [-0.39, 0.29) is 0 Å². The molecule has 0 unspecified atom stereocenters. The lowest BCUT2D eigenvalue weighted by atomic mass is 9.97. The molecule has 1 fully saturated rings. The van der Waals surface area contributed by atoms with E-state index in [2.05, 4.69) is 56.0 Å². The Morgan fingerprint density at radius 1 is 1.14 bits per heavy atom. The van der Waals surface area contributed by atoms with Gasteiger partial charge in [-0.15, -0.1) is 0 Å². The highest BCUT2D eigenvalue weighted by molar-refractivity contribution is 6.35. The minimum Gasteiger partial charge on any atom is -0.492 e. The summed E-state index contributed by atoms with van der Waals surface area (Å²) in [5, 5.41) is 4.05. The van der Waals surface area contributed by atoms with Gasteiger partial charge in [0.05, 0.1) is 17.1 Å². The molecule has 1 atom stereocenters. The van der Waals surface area contributed by atoms with E-state index in [1.54, 1.807) is 12.4 Å². The van der Waals surface area contributed by atoms with Crippen LogP contribution >= 0.6 is 11.6 Å². The monoisotopic (exact) mass is 483 g/mol. The molecule has 4 heterocycles. The lowest BCUT2D eigenvalue weighted by molar-refractivity contribution is 0.260. The first-order valence-corrected chi connectivity index (χ1v) is 12.4. The van der Waals surface area contributed by atoms with E-state index in [4.69, 9.17) is 16.3 Å². The van der Waals surface area contributed by atoms with Crippen LogP contribution in [-0.2, 0) is 6.42 Å². The highest BCUT2D eigenvalue weighted by Crippen LogP contribution is 2.44. The van der Waals surface area contributed by atoms with E-state index in [1.165, 1.54) is 5.56 Å². The second kappa shape index (κ2) is 9.29. The number of rotatable bonds is 6. The number of nitrogens with zero attached hydrogens (tertiary/aromatic N) is 4. The van der Waals surface area contributed by atoms with Crippen molar-refractivity contribution >= 4 is 40.2 Å². The minimum atomic E-state index is 0.531. The van der Waals surface area contributed by atoms with Gasteiger partial charge in [-0.2, -0.15) is 0 Å².